The summed E-state index contributed by atoms with van der Waals surface area (Å²) >= 11 is 0. The van der Waals surface area contributed by atoms with Gasteiger partial charge in [0.1, 0.15) is 11.5 Å². The Balaban J connectivity index is 1.50. The average molecular weight is 394 g/mol. The van der Waals surface area contributed by atoms with Gasteiger partial charge in [0.05, 0.1) is 5.56 Å². The number of aromatic nitrogens is 2. The molecule has 7 nitrogen and oxygen atoms in total. The second kappa shape index (κ2) is 7.46. The Bertz CT molecular complexity index is 1100. The van der Waals surface area contributed by atoms with E-state index in [0.29, 0.717) is 17.8 Å². The lowest BCUT2D eigenvalue weighted by Crippen LogP contribution is -2.56. The Kier molecular flexibility index (Phi) is 4.84. The van der Waals surface area contributed by atoms with Crippen LogP contribution in [0.5, 0.6) is 0 Å². The summed E-state index contributed by atoms with van der Waals surface area (Å²) in [5.74, 6) is -2.24. The maximum atomic E-state index is 14.2. The van der Waals surface area contributed by atoms with Gasteiger partial charge in [0.25, 0.3) is 17.6 Å². The van der Waals surface area contributed by atoms with Crippen molar-refractivity contribution >= 4 is 28.5 Å². The quantitative estimate of drug-likeness (QED) is 0.545. The number of carbonyl (C=O) groups excluding carboxylic acids is 3. The summed E-state index contributed by atoms with van der Waals surface area (Å²) in [6.07, 6.45) is 2.91. The van der Waals surface area contributed by atoms with Crippen LogP contribution < -0.4 is 0 Å². The van der Waals surface area contributed by atoms with Gasteiger partial charge in [-0.1, -0.05) is 12.1 Å². The molecule has 148 valence electrons. The molecule has 0 saturated carbocycles. The smallest absolute Gasteiger partial charge is 0.295 e. The predicted molar refractivity (Wildman–Crippen MR) is 104 cm³/mol. The number of halogens is 1. The van der Waals surface area contributed by atoms with Crippen molar-refractivity contribution in [2.75, 3.05) is 19.6 Å². The second-order valence-electron chi connectivity index (χ2n) is 7.01. The Morgan fingerprint density at radius 3 is 2.69 bits per heavy atom. The number of rotatable bonds is 3. The second-order valence-corrected chi connectivity index (χ2v) is 7.01. The fourth-order valence-electron chi connectivity index (χ4n) is 3.66. The van der Waals surface area contributed by atoms with Gasteiger partial charge >= 0.3 is 0 Å². The molecule has 2 amide bonds. The molecular formula is C21H19FN4O3. The number of aromatic amines is 1. The molecular weight excluding hydrogens is 375 g/mol. The number of benzene rings is 1. The molecule has 29 heavy (non-hydrogen) atoms. The molecule has 1 aliphatic rings. The lowest BCUT2D eigenvalue weighted by molar-refractivity contribution is -0.130. The van der Waals surface area contributed by atoms with Crippen molar-refractivity contribution in [3.8, 4) is 0 Å². The molecule has 8 heteroatoms. The van der Waals surface area contributed by atoms with Gasteiger partial charge in [-0.05, 0) is 31.2 Å². The molecule has 1 aromatic carbocycles. The largest absolute Gasteiger partial charge is 0.360 e. The minimum atomic E-state index is -0.766. The average Bonchev–Trinajstić information content (AvgIpc) is 3.18. The van der Waals surface area contributed by atoms with Crippen LogP contribution in [0.25, 0.3) is 10.9 Å². The number of amides is 2. The van der Waals surface area contributed by atoms with Gasteiger partial charge in [-0.25, -0.2) is 4.39 Å². The maximum absolute atomic E-state index is 14.2. The van der Waals surface area contributed by atoms with E-state index >= 15 is 0 Å². The SMILES string of the molecule is C[C@@H]1CN(C(=O)c2ccccn2)CCN1C(=O)C(=O)c1c[nH]c2cccc(F)c12. The minimum absolute atomic E-state index is 0.0160. The number of carbonyl (C=O) groups is 3. The molecule has 2 aromatic heterocycles. The molecule has 0 unspecified atom stereocenters. The summed E-state index contributed by atoms with van der Waals surface area (Å²) in [5, 5.41) is 0.113. The molecule has 0 bridgehead atoms. The fraction of sp³-hybridized carbons (Fsp3) is 0.238. The highest BCUT2D eigenvalue weighted by Crippen LogP contribution is 2.23. The first kappa shape index (κ1) is 18.8. The molecule has 0 radical (unpaired) electrons. The van der Waals surface area contributed by atoms with Crippen LogP contribution in [0.15, 0.2) is 48.8 Å². The van der Waals surface area contributed by atoms with Gasteiger partial charge in [-0.3, -0.25) is 19.4 Å². The predicted octanol–water partition coefficient (Wildman–Crippen LogP) is 2.26. The first-order valence-corrected chi connectivity index (χ1v) is 9.28. The molecule has 0 aliphatic carbocycles. The highest BCUT2D eigenvalue weighted by molar-refractivity contribution is 6.45. The van der Waals surface area contributed by atoms with Crippen molar-refractivity contribution in [2.24, 2.45) is 0 Å². The van der Waals surface area contributed by atoms with Crippen LogP contribution in [0.3, 0.4) is 0 Å². The van der Waals surface area contributed by atoms with Crippen LogP contribution in [0.2, 0.25) is 0 Å². The number of nitrogens with zero attached hydrogens (tertiary/aromatic N) is 3. The van der Waals surface area contributed by atoms with Crippen LogP contribution in [-0.2, 0) is 4.79 Å². The van der Waals surface area contributed by atoms with Gasteiger partial charge in [0.15, 0.2) is 0 Å². The Morgan fingerprint density at radius 1 is 1.14 bits per heavy atom. The molecule has 0 spiro atoms. The highest BCUT2D eigenvalue weighted by atomic mass is 19.1. The lowest BCUT2D eigenvalue weighted by Gasteiger charge is -2.39. The van der Waals surface area contributed by atoms with Crippen LogP contribution >= 0.6 is 0 Å². The van der Waals surface area contributed by atoms with E-state index in [9.17, 15) is 18.8 Å². The van der Waals surface area contributed by atoms with E-state index in [0.717, 1.165) is 0 Å². The van der Waals surface area contributed by atoms with Gasteiger partial charge in [-0.15, -0.1) is 0 Å². The number of pyridine rings is 1. The summed E-state index contributed by atoms with van der Waals surface area (Å²) in [6.45, 7) is 2.58. The van der Waals surface area contributed by atoms with Crippen molar-refractivity contribution in [2.45, 2.75) is 13.0 Å². The number of nitrogens with one attached hydrogen (secondary N) is 1. The molecule has 1 fully saturated rings. The minimum Gasteiger partial charge on any atom is -0.360 e. The number of hydrogen-bond acceptors (Lipinski definition) is 4. The number of H-pyrrole nitrogens is 1. The third-order valence-corrected chi connectivity index (χ3v) is 5.15. The molecule has 1 N–H and O–H groups in total. The van der Waals surface area contributed by atoms with E-state index in [1.54, 1.807) is 42.3 Å². The Labute approximate surface area is 166 Å². The van der Waals surface area contributed by atoms with Crippen LogP contribution in [0, 0.1) is 5.82 Å². The van der Waals surface area contributed by atoms with Crippen molar-refractivity contribution in [3.05, 3.63) is 65.9 Å². The van der Waals surface area contributed by atoms with Crippen molar-refractivity contribution < 1.29 is 18.8 Å². The van der Waals surface area contributed by atoms with Crippen LogP contribution in [0.4, 0.5) is 4.39 Å². The first-order valence-electron chi connectivity index (χ1n) is 9.28. The van der Waals surface area contributed by atoms with E-state index in [-0.39, 0.29) is 36.0 Å². The zero-order valence-corrected chi connectivity index (χ0v) is 15.8. The zero-order valence-electron chi connectivity index (χ0n) is 15.8. The number of piperazine rings is 1. The summed E-state index contributed by atoms with van der Waals surface area (Å²) in [4.78, 5) is 48.1. The molecule has 1 saturated heterocycles. The van der Waals surface area contributed by atoms with E-state index in [1.165, 1.54) is 23.2 Å². The number of ketones is 1. The standard InChI is InChI=1S/C21H19FN4O3/c1-13-12-25(20(28)17-6-2-3-8-23-17)9-10-26(13)21(29)19(27)14-11-24-16-7-4-5-15(22)18(14)16/h2-8,11,13,24H,9-10,12H2,1H3/t13-/m1/s1. The van der Waals surface area contributed by atoms with Gasteiger partial charge in [0, 0.05) is 49.0 Å². The van der Waals surface area contributed by atoms with E-state index in [1.807, 2.05) is 0 Å². The normalized spacial score (nSPS) is 16.8. The van der Waals surface area contributed by atoms with E-state index in [2.05, 4.69) is 9.97 Å². The van der Waals surface area contributed by atoms with E-state index < -0.39 is 17.5 Å². The van der Waals surface area contributed by atoms with Crippen molar-refractivity contribution in [1.29, 1.82) is 0 Å². The van der Waals surface area contributed by atoms with Gasteiger partial charge < -0.3 is 14.8 Å². The maximum Gasteiger partial charge on any atom is 0.295 e. The summed E-state index contributed by atoms with van der Waals surface area (Å²) in [7, 11) is 0. The third-order valence-electron chi connectivity index (χ3n) is 5.15. The highest BCUT2D eigenvalue weighted by Gasteiger charge is 2.34. The first-order chi connectivity index (χ1) is 14.0. The molecule has 4 rings (SSSR count). The topological polar surface area (TPSA) is 86.4 Å². The third kappa shape index (κ3) is 3.37. The van der Waals surface area contributed by atoms with Crippen molar-refractivity contribution in [1.82, 2.24) is 19.8 Å². The molecule has 3 aromatic rings. The summed E-state index contributed by atoms with van der Waals surface area (Å²) < 4.78 is 14.2. The molecule has 3 heterocycles. The zero-order chi connectivity index (χ0) is 20.5. The van der Waals surface area contributed by atoms with Crippen LogP contribution in [-0.4, -0.2) is 63.0 Å². The Hall–Kier alpha value is -3.55. The number of hydrogen-bond donors (Lipinski definition) is 1. The Morgan fingerprint density at radius 2 is 1.97 bits per heavy atom. The van der Waals surface area contributed by atoms with Crippen molar-refractivity contribution in [3.63, 3.8) is 0 Å². The van der Waals surface area contributed by atoms with Gasteiger partial charge in [-0.2, -0.15) is 0 Å². The summed E-state index contributed by atoms with van der Waals surface area (Å²) in [6, 6.07) is 9.18. The monoisotopic (exact) mass is 394 g/mol. The number of Topliss-reactive ketones (excluding diaryl/α,β-unsaturated/α-hetero) is 1. The summed E-state index contributed by atoms with van der Waals surface area (Å²) in [5.41, 5.74) is 0.812. The lowest BCUT2D eigenvalue weighted by atomic mass is 10.1. The molecule has 1 atom stereocenters. The molecule has 1 aliphatic heterocycles. The van der Waals surface area contributed by atoms with E-state index in [4.69, 9.17) is 0 Å². The fourth-order valence-corrected chi connectivity index (χ4v) is 3.66. The van der Waals surface area contributed by atoms with Gasteiger partial charge in [0.2, 0.25) is 0 Å². The number of fused-ring (bicyclic) bond motifs is 1. The van der Waals surface area contributed by atoms with Crippen LogP contribution in [0.1, 0.15) is 27.8 Å².